The maximum atomic E-state index is 12.6. The van der Waals surface area contributed by atoms with Crippen molar-refractivity contribution in [3.8, 4) is 0 Å². The number of aromatic nitrogens is 2. The second-order valence-electron chi connectivity index (χ2n) is 7.60. The average Bonchev–Trinajstić information content (AvgIpc) is 2.81. The molecule has 1 aromatic heterocycles. The Kier molecular flexibility index (Phi) is 6.72. The molecule has 0 aliphatic carbocycles. The van der Waals surface area contributed by atoms with Crippen molar-refractivity contribution in [2.24, 2.45) is 0 Å². The van der Waals surface area contributed by atoms with Crippen LogP contribution in [0.2, 0.25) is 0 Å². The molecule has 1 fully saturated rings. The van der Waals surface area contributed by atoms with Gasteiger partial charge in [-0.2, -0.15) is 0 Å². The van der Waals surface area contributed by atoms with Gasteiger partial charge in [-0.1, -0.05) is 48.2 Å². The Balaban J connectivity index is 1.37. The molecular weight excluding hydrogens is 406 g/mol. The number of piperazine rings is 1. The Labute approximate surface area is 187 Å². The first kappa shape index (κ1) is 21.2. The number of rotatable bonds is 6. The lowest BCUT2D eigenvalue weighted by molar-refractivity contribution is -0.113. The van der Waals surface area contributed by atoms with Gasteiger partial charge in [-0.3, -0.25) is 4.79 Å². The summed E-state index contributed by atoms with van der Waals surface area (Å²) in [6, 6.07) is 16.5. The van der Waals surface area contributed by atoms with E-state index in [1.807, 2.05) is 38.1 Å². The highest BCUT2D eigenvalue weighted by Crippen LogP contribution is 2.28. The van der Waals surface area contributed by atoms with Gasteiger partial charge in [0.25, 0.3) is 0 Å². The van der Waals surface area contributed by atoms with E-state index in [0.717, 1.165) is 53.8 Å². The quantitative estimate of drug-likeness (QED) is 0.589. The molecule has 2 aromatic carbocycles. The molecule has 1 aliphatic rings. The Morgan fingerprint density at radius 3 is 2.26 bits per heavy atom. The molecule has 0 atom stereocenters. The summed E-state index contributed by atoms with van der Waals surface area (Å²) in [5.74, 6) is 1.12. The molecule has 7 heteroatoms. The Hall–Kier alpha value is -3.06. The zero-order chi connectivity index (χ0) is 21.6. The van der Waals surface area contributed by atoms with Crippen molar-refractivity contribution in [2.45, 2.75) is 18.9 Å². The molecule has 31 heavy (non-hydrogen) atoms. The number of amides is 1. The number of anilines is 3. The third kappa shape index (κ3) is 5.17. The van der Waals surface area contributed by atoms with Gasteiger partial charge in [0.1, 0.15) is 5.03 Å². The number of thioether (sulfide) groups is 1. The molecule has 6 nitrogen and oxygen atoms in total. The lowest BCUT2D eigenvalue weighted by Gasteiger charge is -2.37. The maximum Gasteiger partial charge on any atom is 0.234 e. The molecule has 0 spiro atoms. The molecular formula is C24H27N5OS. The second-order valence-corrected chi connectivity index (χ2v) is 8.56. The van der Waals surface area contributed by atoms with Crippen molar-refractivity contribution >= 4 is 34.9 Å². The highest BCUT2D eigenvalue weighted by molar-refractivity contribution is 8.00. The molecule has 0 unspecified atom stereocenters. The van der Waals surface area contributed by atoms with Gasteiger partial charge in [-0.15, -0.1) is 0 Å². The monoisotopic (exact) mass is 433 g/mol. The predicted molar refractivity (Wildman–Crippen MR) is 128 cm³/mol. The van der Waals surface area contributed by atoms with E-state index in [0.29, 0.717) is 5.75 Å². The molecule has 1 amide bonds. The van der Waals surface area contributed by atoms with Crippen LogP contribution in [0.1, 0.15) is 11.1 Å². The van der Waals surface area contributed by atoms with Gasteiger partial charge >= 0.3 is 0 Å². The Morgan fingerprint density at radius 2 is 1.55 bits per heavy atom. The van der Waals surface area contributed by atoms with Crippen LogP contribution in [0.4, 0.5) is 17.2 Å². The molecule has 3 aromatic rings. The highest BCUT2D eigenvalue weighted by Gasteiger charge is 2.21. The first-order valence-corrected chi connectivity index (χ1v) is 11.4. The van der Waals surface area contributed by atoms with E-state index < -0.39 is 0 Å². The fourth-order valence-corrected chi connectivity index (χ4v) is 4.56. The Bertz CT molecular complexity index is 1010. The summed E-state index contributed by atoms with van der Waals surface area (Å²) in [6.07, 6.45) is 3.41. The average molecular weight is 434 g/mol. The molecule has 1 aliphatic heterocycles. The van der Waals surface area contributed by atoms with Crippen LogP contribution in [0, 0.1) is 13.8 Å². The number of aryl methyl sites for hydroxylation is 2. The maximum absolute atomic E-state index is 12.6. The van der Waals surface area contributed by atoms with Crippen molar-refractivity contribution in [1.82, 2.24) is 9.97 Å². The van der Waals surface area contributed by atoms with Crippen LogP contribution >= 0.6 is 11.8 Å². The highest BCUT2D eigenvalue weighted by atomic mass is 32.2. The molecule has 1 saturated heterocycles. The van der Waals surface area contributed by atoms with E-state index in [4.69, 9.17) is 0 Å². The van der Waals surface area contributed by atoms with E-state index in [1.54, 1.807) is 12.4 Å². The SMILES string of the molecule is Cc1cccc(C)c1NC(=O)CSc1nccnc1N1CCN(c2ccccc2)CC1. The smallest absolute Gasteiger partial charge is 0.234 e. The fraction of sp³-hybridized carbons (Fsp3) is 0.292. The number of carbonyl (C=O) groups is 1. The van der Waals surface area contributed by atoms with Crippen molar-refractivity contribution in [1.29, 1.82) is 0 Å². The molecule has 0 radical (unpaired) electrons. The summed E-state index contributed by atoms with van der Waals surface area (Å²) in [7, 11) is 0. The van der Waals surface area contributed by atoms with Crippen LogP contribution < -0.4 is 15.1 Å². The van der Waals surface area contributed by atoms with E-state index in [2.05, 4.69) is 49.4 Å². The van der Waals surface area contributed by atoms with Crippen molar-refractivity contribution in [3.63, 3.8) is 0 Å². The fourth-order valence-electron chi connectivity index (χ4n) is 3.77. The minimum atomic E-state index is -0.0344. The summed E-state index contributed by atoms with van der Waals surface area (Å²) in [6.45, 7) is 7.61. The second kappa shape index (κ2) is 9.83. The van der Waals surface area contributed by atoms with Crippen molar-refractivity contribution in [3.05, 3.63) is 72.1 Å². The van der Waals surface area contributed by atoms with E-state index in [-0.39, 0.29) is 5.91 Å². The summed E-state index contributed by atoms with van der Waals surface area (Å²) in [5.41, 5.74) is 4.27. The van der Waals surface area contributed by atoms with Gasteiger partial charge in [-0.05, 0) is 37.1 Å². The molecule has 0 bridgehead atoms. The third-order valence-electron chi connectivity index (χ3n) is 5.43. The summed E-state index contributed by atoms with van der Waals surface area (Å²) in [5, 5.41) is 3.84. The van der Waals surface area contributed by atoms with Crippen molar-refractivity contribution < 1.29 is 4.79 Å². The number of hydrogen-bond acceptors (Lipinski definition) is 6. The van der Waals surface area contributed by atoms with Crippen molar-refractivity contribution in [2.75, 3.05) is 47.0 Å². The number of nitrogens with one attached hydrogen (secondary N) is 1. The number of benzene rings is 2. The first-order chi connectivity index (χ1) is 15.1. The van der Waals surface area contributed by atoms with Crippen LogP contribution in [-0.4, -0.2) is 47.8 Å². The lowest BCUT2D eigenvalue weighted by Crippen LogP contribution is -2.47. The van der Waals surface area contributed by atoms with Crippen LogP contribution in [0.25, 0.3) is 0 Å². The number of hydrogen-bond donors (Lipinski definition) is 1. The molecule has 0 saturated carbocycles. The van der Waals surface area contributed by atoms with Crippen LogP contribution in [0.5, 0.6) is 0 Å². The zero-order valence-corrected chi connectivity index (χ0v) is 18.7. The first-order valence-electron chi connectivity index (χ1n) is 10.5. The van der Waals surface area contributed by atoms with Gasteiger partial charge < -0.3 is 15.1 Å². The predicted octanol–water partition coefficient (Wildman–Crippen LogP) is 4.15. The van der Waals surface area contributed by atoms with E-state index >= 15 is 0 Å². The van der Waals surface area contributed by atoms with Gasteiger partial charge in [-0.25, -0.2) is 9.97 Å². The Morgan fingerprint density at radius 1 is 0.903 bits per heavy atom. The van der Waals surface area contributed by atoms with E-state index in [1.165, 1.54) is 17.4 Å². The molecule has 4 rings (SSSR count). The number of para-hydroxylation sites is 2. The van der Waals surface area contributed by atoms with Gasteiger partial charge in [0.05, 0.1) is 5.75 Å². The summed E-state index contributed by atoms with van der Waals surface area (Å²) in [4.78, 5) is 26.3. The summed E-state index contributed by atoms with van der Waals surface area (Å²) >= 11 is 1.44. The largest absolute Gasteiger partial charge is 0.368 e. The molecule has 160 valence electrons. The summed E-state index contributed by atoms with van der Waals surface area (Å²) < 4.78 is 0. The standard InChI is InChI=1S/C24H27N5OS/c1-18-7-6-8-19(2)22(18)27-21(30)17-31-24-23(25-11-12-26-24)29-15-13-28(14-16-29)20-9-4-3-5-10-20/h3-12H,13-17H2,1-2H3,(H,27,30). The number of nitrogens with zero attached hydrogens (tertiary/aromatic N) is 4. The van der Waals surface area contributed by atoms with Crippen LogP contribution in [0.15, 0.2) is 66.0 Å². The lowest BCUT2D eigenvalue weighted by atomic mass is 10.1. The van der Waals surface area contributed by atoms with Gasteiger partial charge in [0.2, 0.25) is 5.91 Å². The molecule has 1 N–H and O–H groups in total. The normalized spacial score (nSPS) is 13.9. The van der Waals surface area contributed by atoms with Gasteiger partial charge in [0, 0.05) is 49.9 Å². The van der Waals surface area contributed by atoms with Crippen LogP contribution in [-0.2, 0) is 4.79 Å². The third-order valence-corrected chi connectivity index (χ3v) is 6.40. The number of carbonyl (C=O) groups excluding carboxylic acids is 1. The zero-order valence-electron chi connectivity index (χ0n) is 17.9. The minimum absolute atomic E-state index is 0.0344. The van der Waals surface area contributed by atoms with Crippen LogP contribution in [0.3, 0.4) is 0 Å². The topological polar surface area (TPSA) is 61.4 Å². The van der Waals surface area contributed by atoms with Gasteiger partial charge in [0.15, 0.2) is 5.82 Å². The van der Waals surface area contributed by atoms with E-state index in [9.17, 15) is 4.79 Å². The minimum Gasteiger partial charge on any atom is -0.368 e. The molecule has 2 heterocycles.